The maximum atomic E-state index is 13.0. The zero-order chi connectivity index (χ0) is 19.4. The van der Waals surface area contributed by atoms with Gasteiger partial charge in [-0.1, -0.05) is 42.8 Å². The van der Waals surface area contributed by atoms with Crippen molar-refractivity contribution in [3.8, 4) is 5.69 Å². The largest absolute Gasteiger partial charge is 0.345 e. The Kier molecular flexibility index (Phi) is 6.57. The van der Waals surface area contributed by atoms with Gasteiger partial charge in [-0.2, -0.15) is 0 Å². The highest BCUT2D eigenvalue weighted by Crippen LogP contribution is 2.25. The first-order chi connectivity index (χ1) is 13.0. The van der Waals surface area contributed by atoms with Gasteiger partial charge in [0.1, 0.15) is 4.70 Å². The average Bonchev–Trinajstić information content (AvgIpc) is 3.13. The number of halogens is 1. The number of hydrogen-bond donors (Lipinski definition) is 0. The fourth-order valence-corrected chi connectivity index (χ4v) is 4.49. The second-order valence-corrected chi connectivity index (χ2v) is 8.40. The van der Waals surface area contributed by atoms with E-state index in [9.17, 15) is 9.59 Å². The number of aromatic nitrogens is 2. The van der Waals surface area contributed by atoms with E-state index in [0.29, 0.717) is 26.1 Å². The minimum absolute atomic E-state index is 0.0192. The lowest BCUT2D eigenvalue weighted by Gasteiger charge is -2.17. The van der Waals surface area contributed by atoms with Gasteiger partial charge in [0.15, 0.2) is 5.16 Å². The number of nitrogens with zero attached hydrogens (tertiary/aromatic N) is 3. The Morgan fingerprint density at radius 1 is 1.37 bits per heavy atom. The maximum Gasteiger partial charge on any atom is 0.276 e. The van der Waals surface area contributed by atoms with E-state index in [1.807, 2.05) is 17.5 Å². The zero-order valence-corrected chi connectivity index (χ0v) is 17.5. The molecular formula is C19H20ClN3O2S2. The first-order valence-corrected chi connectivity index (χ1v) is 10.9. The third-order valence-electron chi connectivity index (χ3n) is 4.11. The summed E-state index contributed by atoms with van der Waals surface area (Å²) in [5.74, 6) is 0.244. The second-order valence-electron chi connectivity index (χ2n) is 6.11. The molecule has 3 rings (SSSR count). The number of amides is 1. The number of hydrogen-bond acceptors (Lipinski definition) is 5. The number of thiophene rings is 1. The Bertz CT molecular complexity index is 1020. The third-order valence-corrected chi connectivity index (χ3v) is 6.16. The minimum atomic E-state index is -0.147. The molecule has 2 heterocycles. The van der Waals surface area contributed by atoms with Crippen LogP contribution in [0.2, 0.25) is 5.02 Å². The molecule has 8 heteroatoms. The molecule has 1 amide bonds. The summed E-state index contributed by atoms with van der Waals surface area (Å²) in [7, 11) is 1.80. The molecule has 0 bridgehead atoms. The van der Waals surface area contributed by atoms with E-state index in [1.165, 1.54) is 27.7 Å². The van der Waals surface area contributed by atoms with Gasteiger partial charge in [0.2, 0.25) is 5.91 Å². The molecule has 0 fully saturated rings. The van der Waals surface area contributed by atoms with Crippen LogP contribution in [0.3, 0.4) is 0 Å². The normalized spacial score (nSPS) is 11.1. The van der Waals surface area contributed by atoms with E-state index in [0.717, 1.165) is 19.4 Å². The van der Waals surface area contributed by atoms with Crippen molar-refractivity contribution in [1.29, 1.82) is 0 Å². The molecule has 142 valence electrons. The fraction of sp³-hybridized carbons (Fsp3) is 0.316. The Morgan fingerprint density at radius 3 is 2.93 bits per heavy atom. The highest BCUT2D eigenvalue weighted by atomic mass is 35.5. The quantitative estimate of drug-likeness (QED) is 0.417. The van der Waals surface area contributed by atoms with Crippen LogP contribution in [-0.4, -0.2) is 39.7 Å². The lowest BCUT2D eigenvalue weighted by molar-refractivity contribution is -0.127. The van der Waals surface area contributed by atoms with Gasteiger partial charge in [0, 0.05) is 18.6 Å². The summed E-state index contributed by atoms with van der Waals surface area (Å²) in [6.45, 7) is 2.82. The molecular weight excluding hydrogens is 402 g/mol. The number of rotatable bonds is 7. The molecule has 0 radical (unpaired) electrons. The Balaban J connectivity index is 1.95. The van der Waals surface area contributed by atoms with Gasteiger partial charge in [-0.15, -0.1) is 11.3 Å². The smallest absolute Gasteiger partial charge is 0.276 e. The van der Waals surface area contributed by atoms with Crippen molar-refractivity contribution in [1.82, 2.24) is 14.5 Å². The van der Waals surface area contributed by atoms with E-state index in [2.05, 4.69) is 11.9 Å². The van der Waals surface area contributed by atoms with Gasteiger partial charge in [-0.25, -0.2) is 4.98 Å². The molecule has 0 unspecified atom stereocenters. The van der Waals surface area contributed by atoms with Crippen molar-refractivity contribution >= 4 is 50.8 Å². The predicted octanol–water partition coefficient (Wildman–Crippen LogP) is 4.45. The van der Waals surface area contributed by atoms with Crippen LogP contribution < -0.4 is 5.56 Å². The van der Waals surface area contributed by atoms with Gasteiger partial charge in [0.05, 0.1) is 17.0 Å². The van der Waals surface area contributed by atoms with E-state index in [-0.39, 0.29) is 17.2 Å². The number of carbonyl (C=O) groups excluding carboxylic acids is 1. The van der Waals surface area contributed by atoms with Gasteiger partial charge in [-0.05, 0) is 36.1 Å². The lowest BCUT2D eigenvalue weighted by atomic mass is 10.3. The van der Waals surface area contributed by atoms with Crippen LogP contribution in [-0.2, 0) is 4.79 Å². The Labute approximate surface area is 171 Å². The molecule has 2 aromatic heterocycles. The molecule has 27 heavy (non-hydrogen) atoms. The van der Waals surface area contributed by atoms with Crippen LogP contribution in [0.5, 0.6) is 0 Å². The lowest BCUT2D eigenvalue weighted by Crippen LogP contribution is -2.29. The molecule has 0 N–H and O–H groups in total. The highest BCUT2D eigenvalue weighted by molar-refractivity contribution is 7.99. The van der Waals surface area contributed by atoms with E-state index < -0.39 is 0 Å². The van der Waals surface area contributed by atoms with Crippen molar-refractivity contribution in [3.63, 3.8) is 0 Å². The average molecular weight is 422 g/mol. The molecule has 0 aliphatic carbocycles. The van der Waals surface area contributed by atoms with Crippen molar-refractivity contribution in [2.24, 2.45) is 0 Å². The Hall–Kier alpha value is -1.83. The topological polar surface area (TPSA) is 55.2 Å². The van der Waals surface area contributed by atoms with E-state index in [1.54, 1.807) is 30.1 Å². The first-order valence-electron chi connectivity index (χ1n) is 8.64. The molecule has 0 saturated carbocycles. The molecule has 0 spiro atoms. The van der Waals surface area contributed by atoms with Crippen molar-refractivity contribution in [2.45, 2.75) is 24.9 Å². The monoisotopic (exact) mass is 421 g/mol. The summed E-state index contributed by atoms with van der Waals surface area (Å²) in [6, 6.07) is 8.91. The molecule has 0 saturated heterocycles. The summed E-state index contributed by atoms with van der Waals surface area (Å²) in [4.78, 5) is 31.8. The van der Waals surface area contributed by atoms with Crippen molar-refractivity contribution in [3.05, 3.63) is 51.1 Å². The van der Waals surface area contributed by atoms with Crippen LogP contribution in [0.15, 0.2) is 45.7 Å². The van der Waals surface area contributed by atoms with Gasteiger partial charge in [-0.3, -0.25) is 14.2 Å². The molecule has 0 aliphatic heterocycles. The van der Waals surface area contributed by atoms with Crippen LogP contribution in [0.4, 0.5) is 0 Å². The van der Waals surface area contributed by atoms with Crippen LogP contribution >= 0.6 is 34.7 Å². The van der Waals surface area contributed by atoms with Gasteiger partial charge >= 0.3 is 0 Å². The molecule has 5 nitrogen and oxygen atoms in total. The second kappa shape index (κ2) is 8.91. The van der Waals surface area contributed by atoms with Crippen LogP contribution in [0.1, 0.15) is 19.8 Å². The summed E-state index contributed by atoms with van der Waals surface area (Å²) >= 11 is 8.75. The van der Waals surface area contributed by atoms with Crippen LogP contribution in [0.25, 0.3) is 15.9 Å². The summed E-state index contributed by atoms with van der Waals surface area (Å²) in [6.07, 6.45) is 2.01. The Morgan fingerprint density at radius 2 is 2.19 bits per heavy atom. The van der Waals surface area contributed by atoms with Crippen molar-refractivity contribution < 1.29 is 4.79 Å². The standard InChI is InChI=1S/C19H20ClN3O2S2/c1-3-4-9-22(2)16(24)12-27-19-21-15-8-10-26-17(15)18(25)23(19)14-7-5-6-13(20)11-14/h5-8,10-11H,3-4,9,12H2,1-2H3. The van der Waals surface area contributed by atoms with E-state index in [4.69, 9.17) is 11.6 Å². The summed E-state index contributed by atoms with van der Waals surface area (Å²) in [5.41, 5.74) is 1.15. The third kappa shape index (κ3) is 4.54. The molecule has 3 aromatic rings. The highest BCUT2D eigenvalue weighted by Gasteiger charge is 2.17. The number of unbranched alkanes of at least 4 members (excludes halogenated alkanes) is 1. The summed E-state index contributed by atoms with van der Waals surface area (Å²) < 4.78 is 2.13. The SMILES string of the molecule is CCCCN(C)C(=O)CSc1nc2ccsc2c(=O)n1-c1cccc(Cl)c1. The van der Waals surface area contributed by atoms with Crippen LogP contribution in [0, 0.1) is 0 Å². The predicted molar refractivity (Wildman–Crippen MR) is 113 cm³/mol. The number of carbonyl (C=O) groups is 1. The maximum absolute atomic E-state index is 13.0. The van der Waals surface area contributed by atoms with E-state index >= 15 is 0 Å². The zero-order valence-electron chi connectivity index (χ0n) is 15.1. The molecule has 1 aromatic carbocycles. The molecule has 0 atom stereocenters. The van der Waals surface area contributed by atoms with Gasteiger partial charge < -0.3 is 4.90 Å². The van der Waals surface area contributed by atoms with Crippen molar-refractivity contribution in [2.75, 3.05) is 19.3 Å². The number of thioether (sulfide) groups is 1. The van der Waals surface area contributed by atoms with Gasteiger partial charge in [0.25, 0.3) is 5.56 Å². The number of fused-ring (bicyclic) bond motifs is 1. The fourth-order valence-electron chi connectivity index (χ4n) is 2.59. The molecule has 0 aliphatic rings. The minimum Gasteiger partial charge on any atom is -0.345 e. The number of benzene rings is 1. The summed E-state index contributed by atoms with van der Waals surface area (Å²) in [5, 5.41) is 2.88. The first kappa shape index (κ1) is 19.9.